The van der Waals surface area contributed by atoms with Crippen molar-refractivity contribution >= 4 is 0 Å². The summed E-state index contributed by atoms with van der Waals surface area (Å²) in [6.45, 7) is 3.20. The van der Waals surface area contributed by atoms with Crippen LogP contribution in [0.2, 0.25) is 0 Å². The minimum atomic E-state index is 0.484. The second-order valence-corrected chi connectivity index (χ2v) is 6.29. The molecular formula is C14H26N2O. The molecule has 98 valence electrons. The second-order valence-electron chi connectivity index (χ2n) is 6.29. The molecule has 3 aliphatic rings. The molecule has 2 N–H and O–H groups in total. The van der Waals surface area contributed by atoms with Crippen LogP contribution < -0.4 is 5.73 Å². The van der Waals surface area contributed by atoms with E-state index < -0.39 is 0 Å². The smallest absolute Gasteiger partial charge is 0.0589 e. The average molecular weight is 238 g/mol. The summed E-state index contributed by atoms with van der Waals surface area (Å²) in [6, 6.07) is 1.33. The number of nitrogens with two attached hydrogens (primary N) is 1. The molecule has 0 aliphatic heterocycles. The molecule has 3 fully saturated rings. The molecule has 0 heterocycles. The lowest BCUT2D eigenvalue weighted by Crippen LogP contribution is -2.44. The van der Waals surface area contributed by atoms with Gasteiger partial charge in [-0.1, -0.05) is 0 Å². The van der Waals surface area contributed by atoms with Crippen LogP contribution in [0.5, 0.6) is 0 Å². The van der Waals surface area contributed by atoms with Gasteiger partial charge in [0, 0.05) is 32.3 Å². The van der Waals surface area contributed by atoms with Crippen molar-refractivity contribution < 1.29 is 4.74 Å². The van der Waals surface area contributed by atoms with Gasteiger partial charge in [-0.05, 0) is 49.9 Å². The number of nitrogens with zero attached hydrogens (tertiary/aromatic N) is 1. The molecule has 4 unspecified atom stereocenters. The van der Waals surface area contributed by atoms with Gasteiger partial charge in [-0.15, -0.1) is 0 Å². The van der Waals surface area contributed by atoms with E-state index in [0.717, 1.165) is 36.9 Å². The van der Waals surface area contributed by atoms with Gasteiger partial charge >= 0.3 is 0 Å². The molecule has 0 amide bonds. The Morgan fingerprint density at radius 1 is 1.18 bits per heavy atom. The predicted octanol–water partition coefficient (Wildman–Crippen LogP) is 1.47. The van der Waals surface area contributed by atoms with E-state index in [1.54, 1.807) is 7.11 Å². The lowest BCUT2D eigenvalue weighted by atomic mass is 9.84. The van der Waals surface area contributed by atoms with Crippen LogP contribution in [0.4, 0.5) is 0 Å². The number of methoxy groups -OCH3 is 1. The minimum Gasteiger partial charge on any atom is -0.383 e. The van der Waals surface area contributed by atoms with Crippen LogP contribution >= 0.6 is 0 Å². The van der Waals surface area contributed by atoms with Gasteiger partial charge in [0.2, 0.25) is 0 Å². The van der Waals surface area contributed by atoms with E-state index >= 15 is 0 Å². The normalized spacial score (nSPS) is 40.4. The summed E-state index contributed by atoms with van der Waals surface area (Å²) >= 11 is 0. The molecule has 3 rings (SSSR count). The lowest BCUT2D eigenvalue weighted by molar-refractivity contribution is 0.115. The summed E-state index contributed by atoms with van der Waals surface area (Å²) in [5.41, 5.74) is 6.40. The van der Waals surface area contributed by atoms with Crippen molar-refractivity contribution in [1.82, 2.24) is 4.90 Å². The highest BCUT2D eigenvalue weighted by Gasteiger charge is 2.46. The highest BCUT2D eigenvalue weighted by molar-refractivity contribution is 5.01. The van der Waals surface area contributed by atoms with Crippen molar-refractivity contribution in [3.8, 4) is 0 Å². The fraction of sp³-hybridized carbons (Fsp3) is 1.00. The van der Waals surface area contributed by atoms with Gasteiger partial charge in [0.25, 0.3) is 0 Å². The van der Waals surface area contributed by atoms with Crippen molar-refractivity contribution in [2.24, 2.45) is 23.5 Å². The standard InChI is InChI=1S/C14H26N2O/c1-17-7-6-16(12-4-5-12)9-13-10-2-3-11(8-10)14(13)15/h10-14H,2-9,15H2,1H3. The lowest BCUT2D eigenvalue weighted by Gasteiger charge is -2.33. The van der Waals surface area contributed by atoms with Crippen molar-refractivity contribution in [3.05, 3.63) is 0 Å². The summed E-state index contributed by atoms with van der Waals surface area (Å²) in [7, 11) is 1.80. The first-order valence-electron chi connectivity index (χ1n) is 7.28. The SMILES string of the molecule is COCCN(CC1C2CCC(C2)C1N)C1CC1. The Kier molecular flexibility index (Phi) is 3.42. The van der Waals surface area contributed by atoms with Gasteiger partial charge in [0.1, 0.15) is 0 Å². The Morgan fingerprint density at radius 2 is 1.94 bits per heavy atom. The van der Waals surface area contributed by atoms with E-state index in [4.69, 9.17) is 10.5 Å². The fourth-order valence-electron chi connectivity index (χ4n) is 4.07. The van der Waals surface area contributed by atoms with E-state index in [1.165, 1.54) is 38.6 Å². The Hall–Kier alpha value is -0.120. The third-order valence-corrected chi connectivity index (χ3v) is 5.25. The van der Waals surface area contributed by atoms with Gasteiger partial charge in [-0.25, -0.2) is 0 Å². The summed E-state index contributed by atoms with van der Waals surface area (Å²) in [5.74, 6) is 2.54. The molecular weight excluding hydrogens is 212 g/mol. The summed E-state index contributed by atoms with van der Waals surface area (Å²) < 4.78 is 5.23. The van der Waals surface area contributed by atoms with Crippen molar-refractivity contribution in [3.63, 3.8) is 0 Å². The van der Waals surface area contributed by atoms with Crippen LogP contribution in [0.25, 0.3) is 0 Å². The largest absolute Gasteiger partial charge is 0.383 e. The van der Waals surface area contributed by atoms with Crippen LogP contribution in [0.3, 0.4) is 0 Å². The van der Waals surface area contributed by atoms with Crippen LogP contribution in [0.15, 0.2) is 0 Å². The first-order chi connectivity index (χ1) is 8.29. The first-order valence-corrected chi connectivity index (χ1v) is 7.28. The molecule has 3 saturated carbocycles. The second kappa shape index (κ2) is 4.87. The van der Waals surface area contributed by atoms with Crippen LogP contribution in [0.1, 0.15) is 32.1 Å². The van der Waals surface area contributed by atoms with Crippen molar-refractivity contribution in [2.75, 3.05) is 26.8 Å². The maximum absolute atomic E-state index is 6.40. The zero-order chi connectivity index (χ0) is 11.8. The van der Waals surface area contributed by atoms with Gasteiger partial charge in [0.15, 0.2) is 0 Å². The zero-order valence-electron chi connectivity index (χ0n) is 11.0. The number of hydrogen-bond acceptors (Lipinski definition) is 3. The van der Waals surface area contributed by atoms with Crippen LogP contribution in [-0.4, -0.2) is 43.8 Å². The number of ether oxygens (including phenoxy) is 1. The highest BCUT2D eigenvalue weighted by atomic mass is 16.5. The Bertz CT molecular complexity index is 265. The molecule has 17 heavy (non-hydrogen) atoms. The fourth-order valence-corrected chi connectivity index (χ4v) is 4.07. The molecule has 3 nitrogen and oxygen atoms in total. The molecule has 0 aromatic rings. The zero-order valence-corrected chi connectivity index (χ0v) is 11.0. The topological polar surface area (TPSA) is 38.5 Å². The van der Waals surface area contributed by atoms with Crippen molar-refractivity contribution in [1.29, 1.82) is 0 Å². The summed E-state index contributed by atoms with van der Waals surface area (Å²) in [4.78, 5) is 2.65. The maximum Gasteiger partial charge on any atom is 0.0589 e. The average Bonchev–Trinajstić information content (AvgIpc) is 2.99. The van der Waals surface area contributed by atoms with E-state index in [2.05, 4.69) is 4.90 Å². The molecule has 3 heteroatoms. The van der Waals surface area contributed by atoms with Crippen LogP contribution in [-0.2, 0) is 4.74 Å². The van der Waals surface area contributed by atoms with E-state index in [0.29, 0.717) is 6.04 Å². The third kappa shape index (κ3) is 2.38. The minimum absolute atomic E-state index is 0.484. The molecule has 0 saturated heterocycles. The van der Waals surface area contributed by atoms with Crippen LogP contribution in [0, 0.1) is 17.8 Å². The molecule has 2 bridgehead atoms. The quantitative estimate of drug-likeness (QED) is 0.761. The number of hydrogen-bond donors (Lipinski definition) is 1. The number of fused-ring (bicyclic) bond motifs is 2. The molecule has 0 radical (unpaired) electrons. The maximum atomic E-state index is 6.40. The van der Waals surface area contributed by atoms with E-state index in [-0.39, 0.29) is 0 Å². The van der Waals surface area contributed by atoms with E-state index in [1.807, 2.05) is 0 Å². The molecule has 4 atom stereocenters. The first kappa shape index (κ1) is 11.9. The Labute approximate surface area is 105 Å². The monoisotopic (exact) mass is 238 g/mol. The van der Waals surface area contributed by atoms with Gasteiger partial charge in [-0.3, -0.25) is 4.90 Å². The molecule has 0 aromatic carbocycles. The molecule has 0 spiro atoms. The van der Waals surface area contributed by atoms with E-state index in [9.17, 15) is 0 Å². The summed E-state index contributed by atoms with van der Waals surface area (Å²) in [6.07, 6.45) is 7.02. The third-order valence-electron chi connectivity index (χ3n) is 5.25. The van der Waals surface area contributed by atoms with Gasteiger partial charge in [-0.2, -0.15) is 0 Å². The molecule has 0 aromatic heterocycles. The van der Waals surface area contributed by atoms with Crippen molar-refractivity contribution in [2.45, 2.75) is 44.2 Å². The highest BCUT2D eigenvalue weighted by Crippen LogP contribution is 2.48. The molecule has 3 aliphatic carbocycles. The Morgan fingerprint density at radius 3 is 2.53 bits per heavy atom. The summed E-state index contributed by atoms with van der Waals surface area (Å²) in [5, 5.41) is 0. The Balaban J connectivity index is 1.56. The van der Waals surface area contributed by atoms with Gasteiger partial charge < -0.3 is 10.5 Å². The number of rotatable bonds is 6. The van der Waals surface area contributed by atoms with Gasteiger partial charge in [0.05, 0.1) is 6.61 Å². The predicted molar refractivity (Wildman–Crippen MR) is 68.8 cm³/mol.